The van der Waals surface area contributed by atoms with Gasteiger partial charge in [0.25, 0.3) is 0 Å². The second-order valence-corrected chi connectivity index (χ2v) is 7.73. The van der Waals surface area contributed by atoms with E-state index >= 15 is 0 Å². The summed E-state index contributed by atoms with van der Waals surface area (Å²) >= 11 is 0. The van der Waals surface area contributed by atoms with Crippen LogP contribution < -0.4 is 15.8 Å². The first-order valence-electron chi connectivity index (χ1n) is 8.75. The number of amides is 1. The summed E-state index contributed by atoms with van der Waals surface area (Å²) in [5, 5.41) is 3.32. The number of halogens is 1. The van der Waals surface area contributed by atoms with Gasteiger partial charge in [-0.15, -0.1) is 12.4 Å². The number of anilines is 1. The number of nitrogens with two attached hydrogens (primary N) is 1. The van der Waals surface area contributed by atoms with Crippen LogP contribution >= 0.6 is 12.4 Å². The maximum Gasteiger partial charge on any atom is 0.226 e. The molecular formula is C19H29ClN2O2. The Morgan fingerprint density at radius 2 is 2.00 bits per heavy atom. The van der Waals surface area contributed by atoms with Crippen molar-refractivity contribution in [2.45, 2.75) is 70.9 Å². The molecule has 1 aliphatic heterocycles. The molecule has 1 atom stereocenters. The molecule has 0 bridgehead atoms. The quantitative estimate of drug-likeness (QED) is 0.793. The van der Waals surface area contributed by atoms with E-state index in [0.29, 0.717) is 5.69 Å². The van der Waals surface area contributed by atoms with Gasteiger partial charge in [-0.25, -0.2) is 0 Å². The molecule has 0 radical (unpaired) electrons. The Morgan fingerprint density at radius 3 is 2.62 bits per heavy atom. The number of ether oxygens (including phenoxy) is 1. The number of rotatable bonds is 3. The van der Waals surface area contributed by atoms with Crippen molar-refractivity contribution in [2.75, 3.05) is 5.73 Å². The van der Waals surface area contributed by atoms with Crippen LogP contribution in [0.3, 0.4) is 0 Å². The smallest absolute Gasteiger partial charge is 0.226 e. The van der Waals surface area contributed by atoms with E-state index in [9.17, 15) is 4.79 Å². The number of hydrogen-bond acceptors (Lipinski definition) is 3. The molecule has 1 aromatic carbocycles. The zero-order valence-electron chi connectivity index (χ0n) is 14.9. The van der Waals surface area contributed by atoms with E-state index in [1.54, 1.807) is 0 Å². The predicted octanol–water partition coefficient (Wildman–Crippen LogP) is 4.38. The lowest BCUT2D eigenvalue weighted by Crippen LogP contribution is -2.45. The van der Waals surface area contributed by atoms with E-state index in [1.165, 1.54) is 0 Å². The van der Waals surface area contributed by atoms with Crippen LogP contribution in [0.1, 0.15) is 70.9 Å². The van der Waals surface area contributed by atoms with Crippen LogP contribution in [-0.4, -0.2) is 11.5 Å². The number of benzene rings is 1. The van der Waals surface area contributed by atoms with Crippen LogP contribution in [0.15, 0.2) is 18.2 Å². The molecule has 1 aromatic rings. The lowest BCUT2D eigenvalue weighted by atomic mass is 9.81. The minimum atomic E-state index is -0.296. The Balaban J connectivity index is 0.00000208. The largest absolute Gasteiger partial charge is 0.487 e. The molecule has 4 nitrogen and oxygen atoms in total. The highest BCUT2D eigenvalue weighted by Crippen LogP contribution is 2.44. The number of nitrogens with one attached hydrogen (secondary N) is 1. The van der Waals surface area contributed by atoms with Crippen molar-refractivity contribution in [1.29, 1.82) is 0 Å². The summed E-state index contributed by atoms with van der Waals surface area (Å²) in [5.74, 6) is 1.03. The molecule has 1 fully saturated rings. The van der Waals surface area contributed by atoms with Gasteiger partial charge in [-0.2, -0.15) is 0 Å². The molecular weight excluding hydrogens is 324 g/mol. The topological polar surface area (TPSA) is 64.3 Å². The van der Waals surface area contributed by atoms with Crippen LogP contribution in [0.4, 0.5) is 5.69 Å². The first kappa shape index (κ1) is 18.9. The third-order valence-corrected chi connectivity index (χ3v) is 5.52. The predicted molar refractivity (Wildman–Crippen MR) is 99.5 cm³/mol. The second kappa shape index (κ2) is 6.83. The van der Waals surface area contributed by atoms with E-state index in [0.717, 1.165) is 49.8 Å². The van der Waals surface area contributed by atoms with Crippen LogP contribution in [-0.2, 0) is 4.79 Å². The van der Waals surface area contributed by atoms with E-state index < -0.39 is 0 Å². The van der Waals surface area contributed by atoms with Gasteiger partial charge < -0.3 is 15.8 Å². The average molecular weight is 353 g/mol. The molecule has 0 saturated heterocycles. The van der Waals surface area contributed by atoms with E-state index in [1.807, 2.05) is 18.2 Å². The first-order chi connectivity index (χ1) is 10.9. The van der Waals surface area contributed by atoms with E-state index in [-0.39, 0.29) is 35.4 Å². The Kier molecular flexibility index (Phi) is 5.38. The molecule has 3 N–H and O–H groups in total. The van der Waals surface area contributed by atoms with Gasteiger partial charge in [0, 0.05) is 23.1 Å². The van der Waals surface area contributed by atoms with Crippen molar-refractivity contribution in [3.05, 3.63) is 23.8 Å². The number of hydrogen-bond donors (Lipinski definition) is 2. The summed E-state index contributed by atoms with van der Waals surface area (Å²) in [5.41, 5.74) is 7.18. The molecule has 2 aliphatic rings. The number of carbonyl (C=O) groups is 1. The number of carbonyl (C=O) groups excluding carboxylic acids is 1. The summed E-state index contributed by atoms with van der Waals surface area (Å²) in [6, 6.07) is 5.66. The Bertz CT molecular complexity index is 609. The SMILES string of the molecule is CCC1(C(=O)NC2CC(C)(C)Oc3ccc(N)cc32)CCCC1.Cl. The first-order valence-corrected chi connectivity index (χ1v) is 8.75. The van der Waals surface area contributed by atoms with Gasteiger partial charge in [0.2, 0.25) is 5.91 Å². The molecule has 0 aromatic heterocycles. The molecule has 1 unspecified atom stereocenters. The van der Waals surface area contributed by atoms with Gasteiger partial charge in [0.15, 0.2) is 0 Å². The van der Waals surface area contributed by atoms with E-state index in [2.05, 4.69) is 26.1 Å². The monoisotopic (exact) mass is 352 g/mol. The normalized spacial score (nSPS) is 23.5. The Morgan fingerprint density at radius 1 is 1.33 bits per heavy atom. The zero-order valence-corrected chi connectivity index (χ0v) is 15.7. The zero-order chi connectivity index (χ0) is 16.7. The molecule has 1 heterocycles. The number of nitrogen functional groups attached to an aromatic ring is 1. The van der Waals surface area contributed by atoms with Crippen LogP contribution in [0, 0.1) is 5.41 Å². The highest BCUT2D eigenvalue weighted by Gasteiger charge is 2.42. The fraction of sp³-hybridized carbons (Fsp3) is 0.632. The minimum Gasteiger partial charge on any atom is -0.487 e. The van der Waals surface area contributed by atoms with Crippen LogP contribution in [0.25, 0.3) is 0 Å². The van der Waals surface area contributed by atoms with Crippen LogP contribution in [0.5, 0.6) is 5.75 Å². The van der Waals surface area contributed by atoms with Crippen molar-refractivity contribution in [3.63, 3.8) is 0 Å². The average Bonchev–Trinajstić information content (AvgIpc) is 2.97. The fourth-order valence-electron chi connectivity index (χ4n) is 4.11. The highest BCUT2D eigenvalue weighted by molar-refractivity contribution is 5.85. The highest BCUT2D eigenvalue weighted by atomic mass is 35.5. The third kappa shape index (κ3) is 3.49. The summed E-state index contributed by atoms with van der Waals surface area (Å²) in [6.45, 7) is 6.26. The standard InChI is InChI=1S/C19H28N2O2.ClH/c1-4-19(9-5-6-10-19)17(22)21-15-12-18(2,3)23-16-8-7-13(20)11-14(15)16;/h7-8,11,15H,4-6,9-10,12,20H2,1-3H3,(H,21,22);1H. The molecule has 24 heavy (non-hydrogen) atoms. The van der Waals surface area contributed by atoms with Crippen molar-refractivity contribution in [1.82, 2.24) is 5.32 Å². The maximum atomic E-state index is 13.0. The Hall–Kier alpha value is -1.42. The molecule has 0 spiro atoms. The molecule has 5 heteroatoms. The van der Waals surface area contributed by atoms with Crippen molar-refractivity contribution in [2.24, 2.45) is 5.41 Å². The second-order valence-electron chi connectivity index (χ2n) is 7.73. The molecule has 1 aliphatic carbocycles. The molecule has 134 valence electrons. The van der Waals surface area contributed by atoms with Crippen molar-refractivity contribution >= 4 is 24.0 Å². The van der Waals surface area contributed by atoms with Crippen molar-refractivity contribution in [3.8, 4) is 5.75 Å². The maximum absolute atomic E-state index is 13.0. The molecule has 1 amide bonds. The Labute approximate surface area is 150 Å². The van der Waals surface area contributed by atoms with Crippen molar-refractivity contribution < 1.29 is 9.53 Å². The summed E-state index contributed by atoms with van der Waals surface area (Å²) in [4.78, 5) is 13.0. The number of fused-ring (bicyclic) bond motifs is 1. The van der Waals surface area contributed by atoms with E-state index in [4.69, 9.17) is 10.5 Å². The minimum absolute atomic E-state index is 0. The lowest BCUT2D eigenvalue weighted by Gasteiger charge is -2.39. The third-order valence-electron chi connectivity index (χ3n) is 5.52. The van der Waals surface area contributed by atoms with Gasteiger partial charge in [0.1, 0.15) is 11.4 Å². The lowest BCUT2D eigenvalue weighted by molar-refractivity contribution is -0.132. The van der Waals surface area contributed by atoms with Gasteiger partial charge in [0.05, 0.1) is 6.04 Å². The summed E-state index contributed by atoms with van der Waals surface area (Å²) in [7, 11) is 0. The fourth-order valence-corrected chi connectivity index (χ4v) is 4.11. The molecule has 3 rings (SSSR count). The van der Waals surface area contributed by atoms with Crippen LogP contribution in [0.2, 0.25) is 0 Å². The summed E-state index contributed by atoms with van der Waals surface area (Å²) < 4.78 is 6.06. The van der Waals surface area contributed by atoms with Gasteiger partial charge in [-0.3, -0.25) is 4.79 Å². The van der Waals surface area contributed by atoms with Gasteiger partial charge in [-0.05, 0) is 51.3 Å². The van der Waals surface area contributed by atoms with Gasteiger partial charge >= 0.3 is 0 Å². The molecule has 1 saturated carbocycles. The summed E-state index contributed by atoms with van der Waals surface area (Å²) in [6.07, 6.45) is 6.00. The van der Waals surface area contributed by atoms with Gasteiger partial charge in [-0.1, -0.05) is 19.8 Å².